The average molecular weight is 482 g/mol. The zero-order chi connectivity index (χ0) is 25.1. The summed E-state index contributed by atoms with van der Waals surface area (Å²) in [6.07, 6.45) is -4.90. The highest BCUT2D eigenvalue weighted by molar-refractivity contribution is 7.16. The highest BCUT2D eigenvalue weighted by Crippen LogP contribution is 2.61. The second kappa shape index (κ2) is 7.61. The van der Waals surface area contributed by atoms with Crippen molar-refractivity contribution in [3.05, 3.63) is 97.1 Å². The Morgan fingerprint density at radius 2 is 1.37 bits per heavy atom. The molecule has 5 rings (SSSR count). The zero-order valence-electron chi connectivity index (χ0n) is 17.7. The third-order valence-corrected chi connectivity index (χ3v) is 6.97. The van der Waals surface area contributed by atoms with Gasteiger partial charge in [0.1, 0.15) is 5.75 Å². The SMILES string of the molecule is [C-]#[N+]/C(C#N)=C1/c2cc(OC(F)(F)F)ccc2-c2c1sc1c2-c2ccc(C)cc2/C1=C(/C#N)[N+]#[C-]. The van der Waals surface area contributed by atoms with E-state index in [1.165, 1.54) is 29.5 Å². The maximum Gasteiger partial charge on any atom is 0.573 e. The first-order valence-corrected chi connectivity index (χ1v) is 10.8. The van der Waals surface area contributed by atoms with Gasteiger partial charge in [0, 0.05) is 32.0 Å². The van der Waals surface area contributed by atoms with E-state index >= 15 is 0 Å². The number of nitrogens with zero attached hydrogens (tertiary/aromatic N) is 4. The first-order valence-electron chi connectivity index (χ1n) is 9.95. The molecule has 0 saturated carbocycles. The molecule has 2 aliphatic carbocycles. The van der Waals surface area contributed by atoms with Crippen LogP contribution in [0.5, 0.6) is 5.75 Å². The maximum atomic E-state index is 12.9. The number of aryl methyl sites for hydroxylation is 1. The van der Waals surface area contributed by atoms with Crippen molar-refractivity contribution >= 4 is 22.5 Å². The number of halogens is 3. The molecule has 0 fully saturated rings. The smallest absolute Gasteiger partial charge is 0.406 e. The molecule has 0 atom stereocenters. The molecule has 9 heteroatoms. The fraction of sp³-hybridized carbons (Fsp3) is 0.0769. The number of benzene rings is 2. The summed E-state index contributed by atoms with van der Waals surface area (Å²) in [5, 5.41) is 19.3. The van der Waals surface area contributed by atoms with E-state index in [2.05, 4.69) is 14.4 Å². The van der Waals surface area contributed by atoms with E-state index in [0.717, 1.165) is 22.3 Å². The Morgan fingerprint density at radius 3 is 1.86 bits per heavy atom. The highest BCUT2D eigenvalue weighted by Gasteiger charge is 2.40. The maximum absolute atomic E-state index is 12.9. The van der Waals surface area contributed by atoms with Crippen molar-refractivity contribution in [2.75, 3.05) is 0 Å². The van der Waals surface area contributed by atoms with Crippen LogP contribution in [0.1, 0.15) is 26.4 Å². The lowest BCUT2D eigenvalue weighted by Gasteiger charge is -2.11. The van der Waals surface area contributed by atoms with Gasteiger partial charge in [-0.3, -0.25) is 0 Å². The van der Waals surface area contributed by atoms with Crippen LogP contribution in [0.15, 0.2) is 47.8 Å². The molecule has 1 heterocycles. The molecule has 166 valence electrons. The van der Waals surface area contributed by atoms with Crippen LogP contribution >= 0.6 is 11.3 Å². The Bertz CT molecular complexity index is 1680. The van der Waals surface area contributed by atoms with Crippen LogP contribution in [0.2, 0.25) is 0 Å². The van der Waals surface area contributed by atoms with Gasteiger partial charge in [-0.05, 0) is 41.3 Å². The summed E-state index contributed by atoms with van der Waals surface area (Å²) in [5.74, 6) is -0.459. The first-order chi connectivity index (χ1) is 16.7. The van der Waals surface area contributed by atoms with Gasteiger partial charge >= 0.3 is 6.36 Å². The van der Waals surface area contributed by atoms with E-state index in [1.807, 2.05) is 37.3 Å². The van der Waals surface area contributed by atoms with E-state index < -0.39 is 12.1 Å². The van der Waals surface area contributed by atoms with E-state index in [0.29, 0.717) is 32.0 Å². The van der Waals surface area contributed by atoms with Gasteiger partial charge < -0.3 is 4.74 Å². The number of alkyl halides is 3. The van der Waals surface area contributed by atoms with Gasteiger partial charge in [0.25, 0.3) is 11.4 Å². The molecular formula is C26H9F3N4OS. The molecule has 0 unspecified atom stereocenters. The van der Waals surface area contributed by atoms with Crippen molar-refractivity contribution in [1.82, 2.24) is 0 Å². The number of hydrogen-bond acceptors (Lipinski definition) is 4. The summed E-state index contributed by atoms with van der Waals surface area (Å²) in [4.78, 5) is 7.92. The third-order valence-electron chi connectivity index (χ3n) is 5.75. The Labute approximate surface area is 201 Å². The van der Waals surface area contributed by atoms with Crippen molar-refractivity contribution in [3.63, 3.8) is 0 Å². The topological polar surface area (TPSA) is 65.5 Å². The van der Waals surface area contributed by atoms with Crippen LogP contribution in [-0.4, -0.2) is 6.36 Å². The first kappa shape index (κ1) is 22.0. The Balaban J connectivity index is 1.89. The highest BCUT2D eigenvalue weighted by atomic mass is 32.1. The summed E-state index contributed by atoms with van der Waals surface area (Å²) < 4.78 is 42.7. The molecule has 0 aliphatic heterocycles. The number of ether oxygens (including phenoxy) is 1. The number of allylic oxidation sites excluding steroid dienone is 2. The summed E-state index contributed by atoms with van der Waals surface area (Å²) in [6, 6.07) is 13.3. The minimum atomic E-state index is -4.90. The van der Waals surface area contributed by atoms with Crippen LogP contribution in [0.4, 0.5) is 13.2 Å². The van der Waals surface area contributed by atoms with Gasteiger partial charge in [-0.25, -0.2) is 20.2 Å². The molecule has 3 aromatic rings. The molecule has 35 heavy (non-hydrogen) atoms. The second-order valence-electron chi connectivity index (χ2n) is 7.71. The molecule has 1 aromatic heterocycles. The molecule has 0 bridgehead atoms. The van der Waals surface area contributed by atoms with E-state index in [9.17, 15) is 23.7 Å². The van der Waals surface area contributed by atoms with Crippen LogP contribution in [0.3, 0.4) is 0 Å². The predicted molar refractivity (Wildman–Crippen MR) is 123 cm³/mol. The van der Waals surface area contributed by atoms with Gasteiger partial charge in [-0.1, -0.05) is 29.8 Å². The van der Waals surface area contributed by atoms with E-state index in [4.69, 9.17) is 13.1 Å². The number of fused-ring (bicyclic) bond motifs is 7. The lowest BCUT2D eigenvalue weighted by molar-refractivity contribution is -0.274. The molecule has 2 aliphatic rings. The van der Waals surface area contributed by atoms with Crippen LogP contribution < -0.4 is 4.74 Å². The largest absolute Gasteiger partial charge is 0.573 e. The van der Waals surface area contributed by atoms with E-state index in [1.54, 1.807) is 0 Å². The van der Waals surface area contributed by atoms with Crippen LogP contribution in [-0.2, 0) is 0 Å². The minimum Gasteiger partial charge on any atom is -0.406 e. The monoisotopic (exact) mass is 482 g/mol. The van der Waals surface area contributed by atoms with Gasteiger partial charge in [0.2, 0.25) is 0 Å². The zero-order valence-corrected chi connectivity index (χ0v) is 18.5. The predicted octanol–water partition coefficient (Wildman–Crippen LogP) is 7.32. The lowest BCUT2D eigenvalue weighted by atomic mass is 9.98. The fourth-order valence-corrected chi connectivity index (χ4v) is 5.96. The molecule has 2 aromatic carbocycles. The van der Waals surface area contributed by atoms with Gasteiger partial charge in [-0.15, -0.1) is 24.5 Å². The van der Waals surface area contributed by atoms with Crippen LogP contribution in [0, 0.1) is 42.7 Å². The molecular weight excluding hydrogens is 473 g/mol. The molecule has 0 radical (unpaired) electrons. The summed E-state index contributed by atoms with van der Waals surface area (Å²) >= 11 is 1.22. The molecule has 0 amide bonds. The number of nitriles is 2. The Morgan fingerprint density at radius 1 is 0.857 bits per heavy atom. The Hall–Kier alpha value is -4.83. The normalized spacial score (nSPS) is 15.4. The third kappa shape index (κ3) is 3.19. The molecule has 5 nitrogen and oxygen atoms in total. The van der Waals surface area contributed by atoms with Crippen molar-refractivity contribution < 1.29 is 17.9 Å². The van der Waals surface area contributed by atoms with Crippen LogP contribution in [0.25, 0.3) is 43.1 Å². The molecule has 0 spiro atoms. The number of rotatable bonds is 1. The fourth-order valence-electron chi connectivity index (χ4n) is 4.51. The van der Waals surface area contributed by atoms with Crippen molar-refractivity contribution in [2.24, 2.45) is 0 Å². The van der Waals surface area contributed by atoms with Crippen molar-refractivity contribution in [3.8, 4) is 40.1 Å². The summed E-state index contributed by atoms with van der Waals surface area (Å²) in [6.45, 7) is 16.9. The second-order valence-corrected chi connectivity index (χ2v) is 8.73. The summed E-state index contributed by atoms with van der Waals surface area (Å²) in [7, 11) is 0. The van der Waals surface area contributed by atoms with Gasteiger partial charge in [0.05, 0.1) is 25.3 Å². The standard InChI is InChI=1S/C26H9F3N4OS/c1-12-4-6-14-16(8-12)20(18(10-30)32-2)24-22(14)23-15-7-5-13(34-26(27,28)29)9-17(15)21(25(23)35-24)19(11-31)33-3/h4-9H,1H3/b20-18+,21-19-. The van der Waals surface area contributed by atoms with Crippen molar-refractivity contribution in [2.45, 2.75) is 13.3 Å². The number of thiophene rings is 1. The molecule has 0 N–H and O–H groups in total. The minimum absolute atomic E-state index is 0.0825. The Kier molecular flexibility index (Phi) is 4.78. The number of hydrogen-bond donors (Lipinski definition) is 0. The average Bonchev–Trinajstić information content (AvgIpc) is 3.41. The molecule has 0 saturated heterocycles. The van der Waals surface area contributed by atoms with Crippen molar-refractivity contribution in [1.29, 1.82) is 10.5 Å². The lowest BCUT2D eigenvalue weighted by Crippen LogP contribution is -2.17. The van der Waals surface area contributed by atoms with Gasteiger partial charge in [-0.2, -0.15) is 0 Å². The quantitative estimate of drug-likeness (QED) is 0.186. The van der Waals surface area contributed by atoms with E-state index in [-0.39, 0.29) is 17.0 Å². The summed E-state index contributed by atoms with van der Waals surface area (Å²) in [5.41, 5.74) is 5.01. The van der Waals surface area contributed by atoms with Gasteiger partial charge in [0.15, 0.2) is 0 Å².